The lowest BCUT2D eigenvalue weighted by atomic mass is 10.1. The van der Waals surface area contributed by atoms with Gasteiger partial charge in [0.15, 0.2) is 5.96 Å². The molecule has 0 spiro atoms. The summed E-state index contributed by atoms with van der Waals surface area (Å²) in [5.74, 6) is 1.14. The van der Waals surface area contributed by atoms with Gasteiger partial charge in [-0.05, 0) is 67.6 Å². The summed E-state index contributed by atoms with van der Waals surface area (Å²) in [6, 6.07) is 16.3. The normalized spacial score (nSPS) is 15.3. The number of guanidine groups is 1. The number of hydrogen-bond acceptors (Lipinski definition) is 3. The van der Waals surface area contributed by atoms with E-state index in [0.717, 1.165) is 38.4 Å². The van der Waals surface area contributed by atoms with E-state index in [2.05, 4.69) is 44.8 Å². The van der Waals surface area contributed by atoms with Crippen LogP contribution in [0.2, 0.25) is 0 Å². The Bertz CT molecular complexity index is 749. The third-order valence-electron chi connectivity index (χ3n) is 5.43. The van der Waals surface area contributed by atoms with Crippen molar-refractivity contribution in [2.75, 3.05) is 26.7 Å². The van der Waals surface area contributed by atoms with Crippen LogP contribution in [0.1, 0.15) is 42.4 Å². The van der Waals surface area contributed by atoms with Crippen molar-refractivity contribution < 1.29 is 5.11 Å². The zero-order valence-electron chi connectivity index (χ0n) is 17.5. The Hall–Kier alpha value is -2.53. The highest BCUT2D eigenvalue weighted by Gasteiger charge is 2.10. The molecule has 0 saturated carbocycles. The molecular formula is C24H34N4O. The van der Waals surface area contributed by atoms with E-state index < -0.39 is 0 Å². The Morgan fingerprint density at radius 2 is 1.55 bits per heavy atom. The number of aromatic hydroxyl groups is 1. The smallest absolute Gasteiger partial charge is 0.191 e. The number of aryl methyl sites for hydroxylation is 1. The van der Waals surface area contributed by atoms with Crippen molar-refractivity contribution >= 4 is 5.96 Å². The first-order chi connectivity index (χ1) is 14.2. The lowest BCUT2D eigenvalue weighted by Crippen LogP contribution is -2.37. The molecule has 0 aliphatic carbocycles. The molecule has 5 heteroatoms. The summed E-state index contributed by atoms with van der Waals surface area (Å²) in [5.41, 5.74) is 3.89. The van der Waals surface area contributed by atoms with Gasteiger partial charge < -0.3 is 15.7 Å². The predicted molar refractivity (Wildman–Crippen MR) is 120 cm³/mol. The zero-order chi connectivity index (χ0) is 20.3. The minimum absolute atomic E-state index is 0.316. The van der Waals surface area contributed by atoms with E-state index in [1.54, 1.807) is 19.2 Å². The van der Waals surface area contributed by atoms with Crippen LogP contribution in [-0.2, 0) is 19.5 Å². The molecule has 0 aromatic heterocycles. The molecular weight excluding hydrogens is 360 g/mol. The van der Waals surface area contributed by atoms with E-state index in [9.17, 15) is 5.11 Å². The predicted octanol–water partition coefficient (Wildman–Crippen LogP) is 3.68. The molecule has 5 nitrogen and oxygen atoms in total. The van der Waals surface area contributed by atoms with Crippen LogP contribution in [0, 0.1) is 0 Å². The summed E-state index contributed by atoms with van der Waals surface area (Å²) in [6.07, 6.45) is 6.04. The molecule has 1 heterocycles. The van der Waals surface area contributed by atoms with Gasteiger partial charge in [0.2, 0.25) is 0 Å². The maximum Gasteiger partial charge on any atom is 0.191 e. The number of hydrogen-bond donors (Lipinski definition) is 3. The van der Waals surface area contributed by atoms with Crippen LogP contribution in [0.25, 0.3) is 0 Å². The molecule has 3 rings (SSSR count). The van der Waals surface area contributed by atoms with Crippen molar-refractivity contribution in [2.24, 2.45) is 4.99 Å². The quantitative estimate of drug-likeness (QED) is 0.363. The van der Waals surface area contributed by atoms with Crippen LogP contribution in [0.5, 0.6) is 5.75 Å². The highest BCUT2D eigenvalue weighted by Crippen LogP contribution is 2.14. The molecule has 0 atom stereocenters. The number of nitrogens with one attached hydrogen (secondary N) is 2. The van der Waals surface area contributed by atoms with Crippen LogP contribution in [-0.4, -0.2) is 42.6 Å². The molecule has 156 valence electrons. The average Bonchev–Trinajstić information content (AvgIpc) is 2.76. The second kappa shape index (κ2) is 11.5. The van der Waals surface area contributed by atoms with Crippen molar-refractivity contribution in [1.29, 1.82) is 0 Å². The molecule has 3 N–H and O–H groups in total. The summed E-state index contributed by atoms with van der Waals surface area (Å²) >= 11 is 0. The molecule has 1 fully saturated rings. The molecule has 0 radical (unpaired) electrons. The lowest BCUT2D eigenvalue weighted by molar-refractivity contribution is 0.221. The second-order valence-electron chi connectivity index (χ2n) is 7.78. The second-order valence-corrected chi connectivity index (χ2v) is 7.78. The fourth-order valence-corrected chi connectivity index (χ4v) is 3.71. The summed E-state index contributed by atoms with van der Waals surface area (Å²) in [4.78, 5) is 6.87. The molecule has 0 unspecified atom stereocenters. The van der Waals surface area contributed by atoms with Gasteiger partial charge in [0.05, 0.1) is 0 Å². The van der Waals surface area contributed by atoms with Crippen molar-refractivity contribution in [2.45, 2.75) is 45.2 Å². The number of benzene rings is 2. The minimum atomic E-state index is 0.316. The third-order valence-corrected chi connectivity index (χ3v) is 5.43. The minimum Gasteiger partial charge on any atom is -0.508 e. The number of aliphatic imine (C=N–C) groups is 1. The van der Waals surface area contributed by atoms with Crippen LogP contribution in [0.3, 0.4) is 0 Å². The molecule has 1 aliphatic heterocycles. The van der Waals surface area contributed by atoms with Crippen LogP contribution >= 0.6 is 0 Å². The summed E-state index contributed by atoms with van der Waals surface area (Å²) in [6.45, 7) is 5.16. The van der Waals surface area contributed by atoms with E-state index in [-0.39, 0.29) is 0 Å². The fourth-order valence-electron chi connectivity index (χ4n) is 3.71. The van der Waals surface area contributed by atoms with Gasteiger partial charge in [-0.3, -0.25) is 9.89 Å². The highest BCUT2D eigenvalue weighted by molar-refractivity contribution is 5.79. The van der Waals surface area contributed by atoms with Gasteiger partial charge in [0.1, 0.15) is 5.75 Å². The van der Waals surface area contributed by atoms with Crippen molar-refractivity contribution in [1.82, 2.24) is 15.5 Å². The van der Waals surface area contributed by atoms with Gasteiger partial charge in [-0.15, -0.1) is 0 Å². The van der Waals surface area contributed by atoms with Crippen molar-refractivity contribution in [3.05, 3.63) is 65.2 Å². The average molecular weight is 395 g/mol. The highest BCUT2D eigenvalue weighted by atomic mass is 16.3. The Kier molecular flexibility index (Phi) is 8.38. The first-order valence-corrected chi connectivity index (χ1v) is 10.8. The molecule has 2 aromatic rings. The first kappa shape index (κ1) is 21.2. The number of nitrogens with zero attached hydrogens (tertiary/aromatic N) is 2. The van der Waals surface area contributed by atoms with E-state index in [1.807, 2.05) is 12.1 Å². The largest absolute Gasteiger partial charge is 0.508 e. The molecule has 1 saturated heterocycles. The maximum absolute atomic E-state index is 9.34. The van der Waals surface area contributed by atoms with Crippen LogP contribution < -0.4 is 10.6 Å². The number of likely N-dealkylation sites (tertiary alicyclic amines) is 1. The molecule has 1 aliphatic rings. The molecule has 2 aromatic carbocycles. The monoisotopic (exact) mass is 394 g/mol. The maximum atomic E-state index is 9.34. The van der Waals surface area contributed by atoms with Gasteiger partial charge in [0, 0.05) is 26.7 Å². The van der Waals surface area contributed by atoms with Crippen LogP contribution in [0.4, 0.5) is 0 Å². The summed E-state index contributed by atoms with van der Waals surface area (Å²) in [7, 11) is 1.80. The van der Waals surface area contributed by atoms with Gasteiger partial charge >= 0.3 is 0 Å². The van der Waals surface area contributed by atoms with Gasteiger partial charge in [0.25, 0.3) is 0 Å². The third kappa shape index (κ3) is 7.42. The van der Waals surface area contributed by atoms with Gasteiger partial charge in [-0.1, -0.05) is 42.8 Å². The standard InChI is InChI=1S/C24H34N4O/c1-25-24(26-15-5-6-20-11-13-23(29)14-12-20)27-18-21-7-9-22(10-8-21)19-28-16-3-2-4-17-28/h7-14,29H,2-6,15-19H2,1H3,(H2,25,26,27). The Balaban J connectivity index is 1.35. The molecule has 0 bridgehead atoms. The SMILES string of the molecule is CN=C(NCCCc1ccc(O)cc1)NCc1ccc(CN2CCCCC2)cc1. The Labute approximate surface area is 174 Å². The van der Waals surface area contributed by atoms with Crippen molar-refractivity contribution in [3.8, 4) is 5.75 Å². The van der Waals surface area contributed by atoms with E-state index in [1.165, 1.54) is 49.0 Å². The molecule has 0 amide bonds. The summed E-state index contributed by atoms with van der Waals surface area (Å²) < 4.78 is 0. The zero-order valence-corrected chi connectivity index (χ0v) is 17.5. The van der Waals surface area contributed by atoms with E-state index in [4.69, 9.17) is 0 Å². The van der Waals surface area contributed by atoms with Crippen LogP contribution in [0.15, 0.2) is 53.5 Å². The Morgan fingerprint density at radius 3 is 2.24 bits per heavy atom. The lowest BCUT2D eigenvalue weighted by Gasteiger charge is -2.26. The number of phenolic OH excluding ortho intramolecular Hbond substituents is 1. The number of rotatable bonds is 8. The van der Waals surface area contributed by atoms with Crippen molar-refractivity contribution in [3.63, 3.8) is 0 Å². The number of phenols is 1. The first-order valence-electron chi connectivity index (χ1n) is 10.8. The number of piperidine rings is 1. The van der Waals surface area contributed by atoms with Gasteiger partial charge in [-0.2, -0.15) is 0 Å². The van der Waals surface area contributed by atoms with E-state index >= 15 is 0 Å². The summed E-state index contributed by atoms with van der Waals surface area (Å²) in [5, 5.41) is 16.1. The molecule has 29 heavy (non-hydrogen) atoms. The van der Waals surface area contributed by atoms with E-state index in [0.29, 0.717) is 5.75 Å². The van der Waals surface area contributed by atoms with Gasteiger partial charge in [-0.25, -0.2) is 0 Å². The fraction of sp³-hybridized carbons (Fsp3) is 0.458. The Morgan fingerprint density at radius 1 is 0.897 bits per heavy atom. The topological polar surface area (TPSA) is 59.9 Å².